The van der Waals surface area contributed by atoms with E-state index in [1.807, 2.05) is 18.3 Å². The molecule has 2 heterocycles. The van der Waals surface area contributed by atoms with Crippen LogP contribution in [0.1, 0.15) is 0 Å². The van der Waals surface area contributed by atoms with E-state index in [0.717, 1.165) is 5.65 Å². The molecular formula is C6H4IN3. The zero-order valence-electron chi connectivity index (χ0n) is 5.03. The average molecular weight is 245 g/mol. The number of aromatic nitrogens is 3. The van der Waals surface area contributed by atoms with Crippen LogP contribution in [0, 0.1) is 3.57 Å². The minimum absolute atomic E-state index is 0.895. The quantitative estimate of drug-likeness (QED) is 0.655. The first-order valence-corrected chi connectivity index (χ1v) is 3.89. The van der Waals surface area contributed by atoms with Crippen molar-refractivity contribution < 1.29 is 0 Å². The Balaban J connectivity index is 2.86. The van der Waals surface area contributed by atoms with Crippen molar-refractivity contribution in [1.29, 1.82) is 0 Å². The first-order valence-electron chi connectivity index (χ1n) is 2.81. The zero-order valence-corrected chi connectivity index (χ0v) is 7.19. The average Bonchev–Trinajstić information content (AvgIpc) is 2.33. The number of fused-ring (bicyclic) bond motifs is 1. The number of halogens is 1. The lowest BCUT2D eigenvalue weighted by atomic mass is 10.5. The summed E-state index contributed by atoms with van der Waals surface area (Å²) in [6, 6.07) is 3.97. The van der Waals surface area contributed by atoms with Gasteiger partial charge in [0.15, 0.2) is 5.65 Å². The van der Waals surface area contributed by atoms with Gasteiger partial charge < -0.3 is 0 Å². The van der Waals surface area contributed by atoms with Crippen LogP contribution in [0.15, 0.2) is 24.7 Å². The second-order valence-corrected chi connectivity index (χ2v) is 3.15. The lowest BCUT2D eigenvalue weighted by Gasteiger charge is -1.89. The highest BCUT2D eigenvalue weighted by atomic mass is 127. The molecule has 2 aromatic rings. The van der Waals surface area contributed by atoms with Crippen LogP contribution in [-0.4, -0.2) is 14.6 Å². The molecule has 0 fully saturated rings. The van der Waals surface area contributed by atoms with Gasteiger partial charge in [-0.15, -0.1) is 0 Å². The summed E-state index contributed by atoms with van der Waals surface area (Å²) in [6.45, 7) is 0. The molecule has 0 aromatic carbocycles. The van der Waals surface area contributed by atoms with Crippen LogP contribution < -0.4 is 0 Å². The first-order chi connectivity index (χ1) is 4.86. The predicted octanol–water partition coefficient (Wildman–Crippen LogP) is 1.33. The zero-order chi connectivity index (χ0) is 6.97. The lowest BCUT2D eigenvalue weighted by Crippen LogP contribution is -1.85. The number of hydrogen-bond donors (Lipinski definition) is 0. The molecule has 2 rings (SSSR count). The normalized spacial score (nSPS) is 10.5. The second-order valence-electron chi connectivity index (χ2n) is 1.91. The Morgan fingerprint density at radius 2 is 2.40 bits per heavy atom. The second kappa shape index (κ2) is 2.19. The van der Waals surface area contributed by atoms with Crippen molar-refractivity contribution in [2.24, 2.45) is 0 Å². The molecule has 0 radical (unpaired) electrons. The van der Waals surface area contributed by atoms with E-state index in [2.05, 4.69) is 32.7 Å². The minimum atomic E-state index is 0.895. The van der Waals surface area contributed by atoms with Crippen molar-refractivity contribution in [2.45, 2.75) is 0 Å². The fraction of sp³-hybridized carbons (Fsp3) is 0. The summed E-state index contributed by atoms with van der Waals surface area (Å²) in [7, 11) is 0. The highest BCUT2D eigenvalue weighted by Crippen LogP contribution is 2.05. The fourth-order valence-corrected chi connectivity index (χ4v) is 1.23. The van der Waals surface area contributed by atoms with Crippen molar-refractivity contribution >= 4 is 28.2 Å². The van der Waals surface area contributed by atoms with Crippen LogP contribution in [0.5, 0.6) is 0 Å². The molecule has 10 heavy (non-hydrogen) atoms. The Kier molecular flexibility index (Phi) is 1.33. The van der Waals surface area contributed by atoms with E-state index in [9.17, 15) is 0 Å². The molecule has 0 spiro atoms. The maximum Gasteiger partial charge on any atom is 0.156 e. The van der Waals surface area contributed by atoms with Crippen LogP contribution in [-0.2, 0) is 0 Å². The molecule has 0 saturated heterocycles. The van der Waals surface area contributed by atoms with Gasteiger partial charge in [-0.05, 0) is 34.7 Å². The highest BCUT2D eigenvalue weighted by molar-refractivity contribution is 14.1. The topological polar surface area (TPSA) is 30.2 Å². The van der Waals surface area contributed by atoms with Gasteiger partial charge in [-0.3, -0.25) is 0 Å². The van der Waals surface area contributed by atoms with Crippen LogP contribution in [0.4, 0.5) is 0 Å². The number of rotatable bonds is 0. The molecule has 0 aliphatic rings. The number of pyridine rings is 1. The summed E-state index contributed by atoms with van der Waals surface area (Å²) < 4.78 is 2.92. The van der Waals surface area contributed by atoms with Crippen molar-refractivity contribution in [1.82, 2.24) is 14.6 Å². The van der Waals surface area contributed by atoms with Gasteiger partial charge in [0, 0.05) is 9.77 Å². The van der Waals surface area contributed by atoms with Gasteiger partial charge in [-0.25, -0.2) is 9.50 Å². The molecule has 0 N–H and O–H groups in total. The monoisotopic (exact) mass is 245 g/mol. The summed E-state index contributed by atoms with van der Waals surface area (Å²) >= 11 is 2.24. The summed E-state index contributed by atoms with van der Waals surface area (Å²) in [5, 5.41) is 3.96. The largest absolute Gasteiger partial charge is 0.221 e. The molecule has 3 nitrogen and oxygen atoms in total. The Hall–Kier alpha value is -0.650. The van der Waals surface area contributed by atoms with Gasteiger partial charge in [0.2, 0.25) is 0 Å². The molecule has 0 atom stereocenters. The summed E-state index contributed by atoms with van der Waals surface area (Å²) in [4.78, 5) is 4.03. The SMILES string of the molecule is Ic1ccn2ncnc2c1. The van der Waals surface area contributed by atoms with Gasteiger partial charge in [0.05, 0.1) is 0 Å². The van der Waals surface area contributed by atoms with Crippen LogP contribution >= 0.6 is 22.6 Å². The summed E-state index contributed by atoms with van der Waals surface area (Å²) in [5.41, 5.74) is 0.895. The van der Waals surface area contributed by atoms with E-state index in [1.165, 1.54) is 3.57 Å². The maximum atomic E-state index is 4.03. The van der Waals surface area contributed by atoms with Crippen LogP contribution in [0.25, 0.3) is 5.65 Å². The summed E-state index contributed by atoms with van der Waals surface area (Å²) in [5.74, 6) is 0. The maximum absolute atomic E-state index is 4.03. The molecular weight excluding hydrogens is 241 g/mol. The molecule has 4 heteroatoms. The smallest absolute Gasteiger partial charge is 0.156 e. The van der Waals surface area contributed by atoms with Gasteiger partial charge in [-0.2, -0.15) is 5.10 Å². The molecule has 50 valence electrons. The number of hydrogen-bond acceptors (Lipinski definition) is 2. The van der Waals surface area contributed by atoms with E-state index in [4.69, 9.17) is 0 Å². The Labute approximate surface area is 71.2 Å². The van der Waals surface area contributed by atoms with Crippen LogP contribution in [0.2, 0.25) is 0 Å². The summed E-state index contributed by atoms with van der Waals surface area (Å²) in [6.07, 6.45) is 3.44. The minimum Gasteiger partial charge on any atom is -0.221 e. The highest BCUT2D eigenvalue weighted by Gasteiger charge is 1.92. The molecule has 0 bridgehead atoms. The van der Waals surface area contributed by atoms with E-state index < -0.39 is 0 Å². The van der Waals surface area contributed by atoms with E-state index in [1.54, 1.807) is 10.8 Å². The Morgan fingerprint density at radius 1 is 1.50 bits per heavy atom. The molecule has 0 saturated carbocycles. The van der Waals surface area contributed by atoms with E-state index in [-0.39, 0.29) is 0 Å². The third kappa shape index (κ3) is 0.880. The van der Waals surface area contributed by atoms with Gasteiger partial charge in [-0.1, -0.05) is 0 Å². The third-order valence-corrected chi connectivity index (χ3v) is 1.91. The van der Waals surface area contributed by atoms with Crippen LogP contribution in [0.3, 0.4) is 0 Å². The van der Waals surface area contributed by atoms with Gasteiger partial charge in [0.25, 0.3) is 0 Å². The number of nitrogens with zero attached hydrogens (tertiary/aromatic N) is 3. The molecule has 2 aromatic heterocycles. The molecule has 0 amide bonds. The molecule has 0 aliphatic heterocycles. The first kappa shape index (κ1) is 6.09. The standard InChI is InChI=1S/C6H4IN3/c7-5-1-2-10-6(3-5)8-4-9-10/h1-4H. The van der Waals surface area contributed by atoms with E-state index >= 15 is 0 Å². The lowest BCUT2D eigenvalue weighted by molar-refractivity contribution is 0.959. The van der Waals surface area contributed by atoms with Gasteiger partial charge in [0.1, 0.15) is 6.33 Å². The Morgan fingerprint density at radius 3 is 3.30 bits per heavy atom. The van der Waals surface area contributed by atoms with E-state index in [0.29, 0.717) is 0 Å². The fourth-order valence-electron chi connectivity index (χ4n) is 0.790. The van der Waals surface area contributed by atoms with Crippen molar-refractivity contribution in [3.63, 3.8) is 0 Å². The van der Waals surface area contributed by atoms with Crippen molar-refractivity contribution in [3.8, 4) is 0 Å². The Bertz CT molecular complexity index is 355. The molecule has 0 aliphatic carbocycles. The van der Waals surface area contributed by atoms with Crippen molar-refractivity contribution in [3.05, 3.63) is 28.2 Å². The third-order valence-electron chi connectivity index (χ3n) is 1.24. The molecule has 0 unspecified atom stereocenters. The van der Waals surface area contributed by atoms with Crippen molar-refractivity contribution in [2.75, 3.05) is 0 Å². The van der Waals surface area contributed by atoms with Gasteiger partial charge >= 0.3 is 0 Å². The predicted molar refractivity (Wildman–Crippen MR) is 45.7 cm³/mol.